The average molecular weight is 428 g/mol. The number of carboxylic acid groups (broad SMARTS) is 1. The molecular weight excluding hydrogens is 398 g/mol. The number of esters is 1. The Kier molecular flexibility index (Phi) is 4.67. The van der Waals surface area contributed by atoms with Crippen molar-refractivity contribution in [2.24, 2.45) is 34.3 Å². The van der Waals surface area contributed by atoms with Crippen LogP contribution in [-0.4, -0.2) is 63.0 Å². The van der Waals surface area contributed by atoms with E-state index in [9.17, 15) is 19.5 Å². The highest BCUT2D eigenvalue weighted by Crippen LogP contribution is 2.66. The molecule has 4 aliphatic rings. The van der Waals surface area contributed by atoms with Crippen molar-refractivity contribution in [3.05, 3.63) is 0 Å². The summed E-state index contributed by atoms with van der Waals surface area (Å²) in [5.41, 5.74) is 3.56. The number of thioether (sulfide) groups is 1. The fourth-order valence-electron chi connectivity index (χ4n) is 6.35. The number of hydrogen-bond acceptors (Lipinski definition) is 8. The van der Waals surface area contributed by atoms with Crippen molar-refractivity contribution in [1.29, 1.82) is 0 Å². The number of fused-ring (bicyclic) bond motifs is 2. The standard InChI is InChI=1S/C20H29NO7S/c1-8-5-10-14-15(28-20(4,26)19(14,3)17(25)27-10)18(2)12(22)6-11(13(8)18)29-7-9(21)16(23)24/h8-11,13-15,26H,5-7,21H2,1-4H3,(H,23,24)/t8-,9+,10+,11?,13-,14+,15-,18-,19+,20?/m1/s1. The Morgan fingerprint density at radius 2 is 1.97 bits per heavy atom. The summed E-state index contributed by atoms with van der Waals surface area (Å²) >= 11 is 1.42. The van der Waals surface area contributed by atoms with Crippen molar-refractivity contribution in [3.8, 4) is 0 Å². The van der Waals surface area contributed by atoms with Gasteiger partial charge in [-0.2, -0.15) is 11.8 Å². The van der Waals surface area contributed by atoms with Crippen LogP contribution in [0.25, 0.3) is 0 Å². The summed E-state index contributed by atoms with van der Waals surface area (Å²) in [5.74, 6) is -3.45. The van der Waals surface area contributed by atoms with E-state index in [1.165, 1.54) is 18.7 Å². The molecule has 0 spiro atoms. The maximum Gasteiger partial charge on any atom is 0.321 e. The Morgan fingerprint density at radius 1 is 1.31 bits per heavy atom. The van der Waals surface area contributed by atoms with E-state index >= 15 is 0 Å². The van der Waals surface area contributed by atoms with Crippen LogP contribution in [0.15, 0.2) is 0 Å². The Labute approximate surface area is 173 Å². The summed E-state index contributed by atoms with van der Waals surface area (Å²) in [6.45, 7) is 7.08. The molecule has 2 aliphatic carbocycles. The molecule has 2 unspecified atom stereocenters. The Balaban J connectivity index is 1.72. The third-order valence-corrected chi connectivity index (χ3v) is 9.53. The molecule has 9 heteroatoms. The minimum atomic E-state index is -1.72. The summed E-state index contributed by atoms with van der Waals surface area (Å²) in [6, 6.07) is -0.991. The summed E-state index contributed by atoms with van der Waals surface area (Å²) < 4.78 is 11.8. The first kappa shape index (κ1) is 21.1. The van der Waals surface area contributed by atoms with Gasteiger partial charge in [-0.05, 0) is 39.0 Å². The molecule has 2 aliphatic heterocycles. The lowest BCUT2D eigenvalue weighted by Gasteiger charge is -2.39. The van der Waals surface area contributed by atoms with E-state index in [1.54, 1.807) is 6.92 Å². The van der Waals surface area contributed by atoms with Gasteiger partial charge < -0.3 is 25.4 Å². The number of carboxylic acids is 1. The molecule has 2 heterocycles. The number of rotatable bonds is 4. The van der Waals surface area contributed by atoms with Gasteiger partial charge in [-0.25, -0.2) is 0 Å². The van der Waals surface area contributed by atoms with Crippen LogP contribution in [-0.2, 0) is 23.9 Å². The van der Waals surface area contributed by atoms with Gasteiger partial charge in [-0.1, -0.05) is 6.92 Å². The topological polar surface area (TPSA) is 136 Å². The van der Waals surface area contributed by atoms with Gasteiger partial charge in [0.1, 0.15) is 23.3 Å². The predicted molar refractivity (Wildman–Crippen MR) is 104 cm³/mol. The molecule has 4 fully saturated rings. The van der Waals surface area contributed by atoms with E-state index in [4.69, 9.17) is 20.3 Å². The van der Waals surface area contributed by atoms with Crippen molar-refractivity contribution < 1.29 is 34.1 Å². The Bertz CT molecular complexity index is 772. The third kappa shape index (κ3) is 2.60. The van der Waals surface area contributed by atoms with Crippen LogP contribution in [0.4, 0.5) is 0 Å². The molecule has 0 aromatic heterocycles. The summed E-state index contributed by atoms with van der Waals surface area (Å²) in [7, 11) is 0. The largest absolute Gasteiger partial charge is 0.480 e. The molecule has 2 saturated heterocycles. The molecule has 0 aromatic carbocycles. The smallest absolute Gasteiger partial charge is 0.321 e. The van der Waals surface area contributed by atoms with Crippen molar-refractivity contribution >= 4 is 29.5 Å². The van der Waals surface area contributed by atoms with Crippen molar-refractivity contribution in [3.63, 3.8) is 0 Å². The van der Waals surface area contributed by atoms with Gasteiger partial charge in [0.2, 0.25) is 0 Å². The lowest BCUT2D eigenvalue weighted by atomic mass is 9.64. The minimum Gasteiger partial charge on any atom is -0.480 e. The fraction of sp³-hybridized carbons (Fsp3) is 0.850. The predicted octanol–water partition coefficient (Wildman–Crippen LogP) is 0.790. The number of hydrogen-bond donors (Lipinski definition) is 3. The van der Waals surface area contributed by atoms with Crippen molar-refractivity contribution in [2.45, 2.75) is 69.8 Å². The van der Waals surface area contributed by atoms with Crippen LogP contribution in [0, 0.1) is 28.6 Å². The van der Waals surface area contributed by atoms with Gasteiger partial charge in [-0.15, -0.1) is 0 Å². The van der Waals surface area contributed by atoms with Gasteiger partial charge in [0.15, 0.2) is 5.79 Å². The van der Waals surface area contributed by atoms with Crippen LogP contribution >= 0.6 is 11.8 Å². The fourth-order valence-corrected chi connectivity index (χ4v) is 7.98. The van der Waals surface area contributed by atoms with E-state index in [0.29, 0.717) is 12.8 Å². The Hall–Kier alpha value is -1.16. The van der Waals surface area contributed by atoms with Gasteiger partial charge in [0.25, 0.3) is 0 Å². The molecule has 162 valence electrons. The van der Waals surface area contributed by atoms with Crippen molar-refractivity contribution in [1.82, 2.24) is 0 Å². The zero-order chi connectivity index (χ0) is 21.5. The monoisotopic (exact) mass is 427 g/mol. The molecular formula is C20H29NO7S. The first-order valence-electron chi connectivity index (χ1n) is 10.1. The number of ether oxygens (including phenoxy) is 2. The highest BCUT2D eigenvalue weighted by atomic mass is 32.2. The SMILES string of the molecule is C[C@@H]1C[C@@H]2OC(=O)[C@]3(C)[C@@H]2[C@@H](OC3(C)O)[C@]2(C)C(=O)CC(SC[C@H](N)C(=O)O)[C@@H]12. The molecule has 2 saturated carbocycles. The Morgan fingerprint density at radius 3 is 2.59 bits per heavy atom. The number of ketones is 1. The van der Waals surface area contributed by atoms with Crippen LogP contribution < -0.4 is 5.73 Å². The maximum atomic E-state index is 13.3. The van der Waals surface area contributed by atoms with Gasteiger partial charge >= 0.3 is 11.9 Å². The lowest BCUT2D eigenvalue weighted by molar-refractivity contribution is -0.239. The highest BCUT2D eigenvalue weighted by molar-refractivity contribution is 8.00. The normalized spacial score (nSPS) is 51.9. The van der Waals surface area contributed by atoms with E-state index in [0.717, 1.165) is 0 Å². The summed E-state index contributed by atoms with van der Waals surface area (Å²) in [5, 5.41) is 20.0. The number of nitrogens with two attached hydrogens (primary N) is 1. The van der Waals surface area contributed by atoms with E-state index in [2.05, 4.69) is 6.92 Å². The second-order valence-corrected chi connectivity index (χ2v) is 10.9. The quantitative estimate of drug-likeness (QED) is 0.556. The summed E-state index contributed by atoms with van der Waals surface area (Å²) in [6.07, 6.45) is -0.172. The van der Waals surface area contributed by atoms with E-state index < -0.39 is 52.7 Å². The summed E-state index contributed by atoms with van der Waals surface area (Å²) in [4.78, 5) is 37.2. The van der Waals surface area contributed by atoms with Crippen molar-refractivity contribution in [2.75, 3.05) is 5.75 Å². The molecule has 10 atom stereocenters. The molecule has 0 amide bonds. The van der Waals surface area contributed by atoms with Crippen LogP contribution in [0.3, 0.4) is 0 Å². The minimum absolute atomic E-state index is 0.0285. The number of aliphatic hydroxyl groups is 1. The van der Waals surface area contributed by atoms with Gasteiger partial charge in [0.05, 0.1) is 11.5 Å². The molecule has 0 radical (unpaired) electrons. The van der Waals surface area contributed by atoms with Crippen LogP contribution in [0.5, 0.6) is 0 Å². The zero-order valence-electron chi connectivity index (χ0n) is 17.1. The first-order chi connectivity index (χ1) is 13.4. The number of carbonyl (C=O) groups is 3. The molecule has 4 rings (SSSR count). The second kappa shape index (κ2) is 6.42. The molecule has 4 N–H and O–H groups in total. The van der Waals surface area contributed by atoms with Gasteiger partial charge in [-0.3, -0.25) is 14.4 Å². The maximum absolute atomic E-state index is 13.3. The third-order valence-electron chi connectivity index (χ3n) is 8.09. The number of Topliss-reactive ketones (excluding diaryl/α,β-unsaturated/α-hetero) is 1. The molecule has 0 bridgehead atoms. The number of aliphatic carboxylic acids is 1. The van der Waals surface area contributed by atoms with E-state index in [-0.39, 0.29) is 28.6 Å². The molecule has 29 heavy (non-hydrogen) atoms. The first-order valence-corrected chi connectivity index (χ1v) is 11.1. The molecule has 0 aromatic rings. The highest BCUT2D eigenvalue weighted by Gasteiger charge is 2.78. The van der Waals surface area contributed by atoms with Crippen LogP contribution in [0.1, 0.15) is 40.5 Å². The van der Waals surface area contributed by atoms with Gasteiger partial charge in [0, 0.05) is 23.3 Å². The average Bonchev–Trinajstić information content (AvgIpc) is 3.09. The number of carbonyl (C=O) groups excluding carboxylic acids is 2. The molecule has 8 nitrogen and oxygen atoms in total. The zero-order valence-corrected chi connectivity index (χ0v) is 17.9. The second-order valence-electron chi connectivity index (χ2n) is 9.66. The lowest BCUT2D eigenvalue weighted by Crippen LogP contribution is -2.47. The van der Waals surface area contributed by atoms with E-state index in [1.807, 2.05) is 6.92 Å². The van der Waals surface area contributed by atoms with Crippen LogP contribution in [0.2, 0.25) is 0 Å².